The van der Waals surface area contributed by atoms with Gasteiger partial charge in [0.2, 0.25) is 0 Å². The van der Waals surface area contributed by atoms with Crippen molar-refractivity contribution in [2.75, 3.05) is 11.4 Å². The van der Waals surface area contributed by atoms with Gasteiger partial charge in [0, 0.05) is 12.6 Å². The van der Waals surface area contributed by atoms with Crippen LogP contribution < -0.4 is 4.90 Å². The summed E-state index contributed by atoms with van der Waals surface area (Å²) in [5.74, 6) is -0.0830. The molecule has 1 N–H and O–H groups in total. The smallest absolute Gasteiger partial charge is 0.347 e. The largest absolute Gasteiger partial charge is 0.477 e. The lowest BCUT2D eigenvalue weighted by Crippen LogP contribution is -2.32. The Bertz CT molecular complexity index is 438. The van der Waals surface area contributed by atoms with Crippen LogP contribution in [0.15, 0.2) is 0 Å². The van der Waals surface area contributed by atoms with E-state index in [0.717, 1.165) is 17.6 Å². The third-order valence-electron chi connectivity index (χ3n) is 3.24. The molecule has 2 rings (SSSR count). The zero-order valence-electron chi connectivity index (χ0n) is 11.1. The first-order chi connectivity index (χ1) is 8.52. The van der Waals surface area contributed by atoms with E-state index in [1.54, 1.807) is 0 Å². The molecule has 1 aromatic heterocycles. The van der Waals surface area contributed by atoms with Gasteiger partial charge in [0.1, 0.15) is 4.88 Å². The minimum atomic E-state index is -0.856. The maximum absolute atomic E-state index is 11.2. The molecule has 0 atom stereocenters. The van der Waals surface area contributed by atoms with Crippen molar-refractivity contribution in [3.63, 3.8) is 0 Å². The Balaban J connectivity index is 2.25. The number of hydrogen-bond acceptors (Lipinski definition) is 4. The highest BCUT2D eigenvalue weighted by atomic mass is 32.1. The lowest BCUT2D eigenvalue weighted by atomic mass is 10.3. The first kappa shape index (κ1) is 13.3. The summed E-state index contributed by atoms with van der Waals surface area (Å²) in [5.41, 5.74) is 0.712. The van der Waals surface area contributed by atoms with Gasteiger partial charge in [0.05, 0.1) is 5.69 Å². The number of nitrogens with zero attached hydrogens (tertiary/aromatic N) is 2. The van der Waals surface area contributed by atoms with Crippen LogP contribution in [0.25, 0.3) is 0 Å². The topological polar surface area (TPSA) is 53.4 Å². The fourth-order valence-corrected chi connectivity index (χ4v) is 3.09. The van der Waals surface area contributed by atoms with Gasteiger partial charge in [-0.1, -0.05) is 18.3 Å². The number of anilines is 1. The summed E-state index contributed by atoms with van der Waals surface area (Å²) < 4.78 is 0. The molecule has 1 aromatic rings. The van der Waals surface area contributed by atoms with Gasteiger partial charge >= 0.3 is 5.97 Å². The van der Waals surface area contributed by atoms with Crippen LogP contribution in [0.1, 0.15) is 49.0 Å². The number of carboxylic acid groups (broad SMARTS) is 1. The third kappa shape index (κ3) is 2.83. The van der Waals surface area contributed by atoms with Crippen LogP contribution in [0.4, 0.5) is 5.13 Å². The molecular weight excluding hydrogens is 248 g/mol. The molecule has 4 nitrogen and oxygen atoms in total. The van der Waals surface area contributed by atoms with Crippen molar-refractivity contribution in [3.8, 4) is 0 Å². The molecule has 0 saturated heterocycles. The molecule has 0 aromatic carbocycles. The Morgan fingerprint density at radius 3 is 2.61 bits per heavy atom. The Kier molecular flexibility index (Phi) is 3.90. The second-order valence-corrected chi connectivity index (χ2v) is 6.10. The average molecular weight is 268 g/mol. The Morgan fingerprint density at radius 2 is 2.22 bits per heavy atom. The molecule has 0 radical (unpaired) electrons. The standard InChI is InChI=1S/C13H20N2O2S/c1-4-10-11(12(16)17)18-13(14-10)15(8(2)3)7-9-5-6-9/h8-9H,4-7H2,1-3H3,(H,16,17). The molecule has 1 heterocycles. The summed E-state index contributed by atoms with van der Waals surface area (Å²) in [6.45, 7) is 7.23. The first-order valence-corrected chi connectivity index (χ1v) is 7.34. The van der Waals surface area contributed by atoms with Gasteiger partial charge in [-0.2, -0.15) is 0 Å². The summed E-state index contributed by atoms with van der Waals surface area (Å²) >= 11 is 1.31. The maximum atomic E-state index is 11.2. The Hall–Kier alpha value is -1.10. The van der Waals surface area contributed by atoms with Gasteiger partial charge in [0.15, 0.2) is 5.13 Å². The number of aromatic carboxylic acids is 1. The second kappa shape index (κ2) is 5.26. The van der Waals surface area contributed by atoms with Gasteiger partial charge in [-0.3, -0.25) is 0 Å². The quantitative estimate of drug-likeness (QED) is 0.861. The van der Waals surface area contributed by atoms with E-state index in [4.69, 9.17) is 0 Å². The molecule has 5 heteroatoms. The van der Waals surface area contributed by atoms with Crippen molar-refractivity contribution in [2.24, 2.45) is 5.92 Å². The van der Waals surface area contributed by atoms with Gasteiger partial charge in [-0.15, -0.1) is 0 Å². The summed E-state index contributed by atoms with van der Waals surface area (Å²) in [4.78, 5) is 18.3. The van der Waals surface area contributed by atoms with Crippen LogP contribution in [-0.4, -0.2) is 28.6 Å². The summed E-state index contributed by atoms with van der Waals surface area (Å²) in [6.07, 6.45) is 3.26. The van der Waals surface area contributed by atoms with Crippen molar-refractivity contribution in [3.05, 3.63) is 10.6 Å². The number of hydrogen-bond donors (Lipinski definition) is 1. The van der Waals surface area contributed by atoms with Crippen LogP contribution in [0.5, 0.6) is 0 Å². The van der Waals surface area contributed by atoms with Crippen molar-refractivity contribution >= 4 is 22.4 Å². The van der Waals surface area contributed by atoms with Crippen LogP contribution in [0, 0.1) is 5.92 Å². The monoisotopic (exact) mass is 268 g/mol. The molecule has 1 aliphatic carbocycles. The molecule has 18 heavy (non-hydrogen) atoms. The van der Waals surface area contributed by atoms with Crippen molar-refractivity contribution in [2.45, 2.75) is 46.1 Å². The van der Waals surface area contributed by atoms with Gasteiger partial charge < -0.3 is 10.0 Å². The lowest BCUT2D eigenvalue weighted by molar-refractivity contribution is 0.0701. The highest BCUT2D eigenvalue weighted by molar-refractivity contribution is 7.17. The summed E-state index contributed by atoms with van der Waals surface area (Å²) in [7, 11) is 0. The fraction of sp³-hybridized carbons (Fsp3) is 0.692. The number of aryl methyl sites for hydroxylation is 1. The molecule has 1 saturated carbocycles. The fourth-order valence-electron chi connectivity index (χ4n) is 1.96. The molecular formula is C13H20N2O2S. The molecule has 0 unspecified atom stereocenters. The second-order valence-electron chi connectivity index (χ2n) is 5.12. The van der Waals surface area contributed by atoms with E-state index in [1.807, 2.05) is 6.92 Å². The van der Waals surface area contributed by atoms with E-state index in [-0.39, 0.29) is 0 Å². The third-order valence-corrected chi connectivity index (χ3v) is 4.36. The normalized spacial score (nSPS) is 15.1. The molecule has 100 valence electrons. The Morgan fingerprint density at radius 1 is 1.56 bits per heavy atom. The summed E-state index contributed by atoms with van der Waals surface area (Å²) in [6, 6.07) is 0.364. The maximum Gasteiger partial charge on any atom is 0.347 e. The molecule has 0 aliphatic heterocycles. The molecule has 0 amide bonds. The molecule has 1 aliphatic rings. The molecule has 0 bridgehead atoms. The minimum Gasteiger partial charge on any atom is -0.477 e. The van der Waals surface area contributed by atoms with Crippen LogP contribution in [-0.2, 0) is 6.42 Å². The number of thiazole rings is 1. The van der Waals surface area contributed by atoms with Gasteiger partial charge in [-0.25, -0.2) is 9.78 Å². The summed E-state index contributed by atoms with van der Waals surface area (Å²) in [5, 5.41) is 10.0. The first-order valence-electron chi connectivity index (χ1n) is 6.52. The van der Waals surface area contributed by atoms with Gasteiger partial charge in [0.25, 0.3) is 0 Å². The van der Waals surface area contributed by atoms with E-state index < -0.39 is 5.97 Å². The molecule has 0 spiro atoms. The van der Waals surface area contributed by atoms with E-state index in [0.29, 0.717) is 23.0 Å². The van der Waals surface area contributed by atoms with Gasteiger partial charge in [-0.05, 0) is 39.0 Å². The van der Waals surface area contributed by atoms with E-state index in [9.17, 15) is 9.90 Å². The zero-order chi connectivity index (χ0) is 13.3. The minimum absolute atomic E-state index is 0.364. The highest BCUT2D eigenvalue weighted by Crippen LogP contribution is 2.34. The van der Waals surface area contributed by atoms with Crippen LogP contribution >= 0.6 is 11.3 Å². The zero-order valence-corrected chi connectivity index (χ0v) is 12.0. The number of carboxylic acids is 1. The van der Waals surface area contributed by atoms with Crippen molar-refractivity contribution in [1.29, 1.82) is 0 Å². The predicted molar refractivity (Wildman–Crippen MR) is 73.7 cm³/mol. The number of carbonyl (C=O) groups is 1. The Labute approximate surface area is 112 Å². The number of rotatable bonds is 6. The van der Waals surface area contributed by atoms with E-state index >= 15 is 0 Å². The highest BCUT2D eigenvalue weighted by Gasteiger charge is 2.28. The molecule has 1 fully saturated rings. The van der Waals surface area contributed by atoms with Crippen molar-refractivity contribution in [1.82, 2.24) is 4.98 Å². The average Bonchev–Trinajstić information content (AvgIpc) is 3.02. The van der Waals surface area contributed by atoms with E-state index in [1.165, 1.54) is 24.2 Å². The number of aromatic nitrogens is 1. The predicted octanol–water partition coefficient (Wildman–Crippen LogP) is 3.03. The lowest BCUT2D eigenvalue weighted by Gasteiger charge is -2.26. The van der Waals surface area contributed by atoms with Crippen molar-refractivity contribution < 1.29 is 9.90 Å². The van der Waals surface area contributed by atoms with E-state index in [2.05, 4.69) is 23.7 Å². The van der Waals surface area contributed by atoms with Crippen LogP contribution in [0.3, 0.4) is 0 Å². The van der Waals surface area contributed by atoms with Crippen LogP contribution in [0.2, 0.25) is 0 Å². The SMILES string of the molecule is CCc1nc(N(CC2CC2)C(C)C)sc1C(=O)O.